The van der Waals surface area contributed by atoms with Crippen molar-refractivity contribution in [3.63, 3.8) is 0 Å². The standard InChI is InChI=1S/C26H19N3O2S/c1-27-17-18(21-14-8-9-15-23(21)27)16-22-24(30)28(19-10-4-2-5-11-19)26(32)29(25(22)31)20-12-6-3-7-13-20/h2-17H,1H3. The smallest absolute Gasteiger partial charge is 0.270 e. The molecule has 2 heterocycles. The topological polar surface area (TPSA) is 45.6 Å². The molecule has 1 aromatic heterocycles. The second kappa shape index (κ2) is 7.90. The molecule has 0 saturated carbocycles. The van der Waals surface area contributed by atoms with E-state index in [1.165, 1.54) is 9.80 Å². The molecule has 5 nitrogen and oxygen atoms in total. The van der Waals surface area contributed by atoms with Gasteiger partial charge >= 0.3 is 0 Å². The number of anilines is 2. The summed E-state index contributed by atoms with van der Waals surface area (Å²) in [6.45, 7) is 0. The van der Waals surface area contributed by atoms with E-state index in [-0.39, 0.29) is 10.7 Å². The van der Waals surface area contributed by atoms with Crippen LogP contribution in [0.3, 0.4) is 0 Å². The molecule has 4 aromatic rings. The minimum absolute atomic E-state index is 0.0580. The SMILES string of the molecule is Cn1cc(C=C2C(=O)N(c3ccccc3)C(=S)N(c3ccccc3)C2=O)c2ccccc21. The number of hydrogen-bond donors (Lipinski definition) is 0. The van der Waals surface area contributed by atoms with Gasteiger partial charge in [0.2, 0.25) is 0 Å². The summed E-state index contributed by atoms with van der Waals surface area (Å²) in [6.07, 6.45) is 3.59. The second-order valence-corrected chi connectivity index (χ2v) is 7.87. The lowest BCUT2D eigenvalue weighted by Crippen LogP contribution is -2.56. The van der Waals surface area contributed by atoms with Crippen molar-refractivity contribution in [2.45, 2.75) is 0 Å². The number of benzene rings is 3. The lowest BCUT2D eigenvalue weighted by atomic mass is 10.0. The highest BCUT2D eigenvalue weighted by Crippen LogP contribution is 2.31. The van der Waals surface area contributed by atoms with Crippen LogP contribution < -0.4 is 9.80 Å². The van der Waals surface area contributed by atoms with E-state index < -0.39 is 11.8 Å². The third-order valence-electron chi connectivity index (χ3n) is 5.51. The Morgan fingerprint density at radius 2 is 1.22 bits per heavy atom. The number of rotatable bonds is 3. The largest absolute Gasteiger partial charge is 0.350 e. The molecule has 0 unspecified atom stereocenters. The van der Waals surface area contributed by atoms with Gasteiger partial charge in [0.25, 0.3) is 11.8 Å². The highest BCUT2D eigenvalue weighted by molar-refractivity contribution is 7.81. The van der Waals surface area contributed by atoms with Crippen molar-refractivity contribution < 1.29 is 9.59 Å². The number of aromatic nitrogens is 1. The van der Waals surface area contributed by atoms with Crippen LogP contribution in [0.2, 0.25) is 0 Å². The molecule has 0 atom stereocenters. The van der Waals surface area contributed by atoms with Crippen molar-refractivity contribution in [2.75, 3.05) is 9.80 Å². The van der Waals surface area contributed by atoms with E-state index in [0.717, 1.165) is 16.5 Å². The maximum atomic E-state index is 13.6. The Labute approximate surface area is 190 Å². The number of fused-ring (bicyclic) bond motifs is 1. The van der Waals surface area contributed by atoms with E-state index in [2.05, 4.69) is 0 Å². The zero-order valence-corrected chi connectivity index (χ0v) is 18.1. The van der Waals surface area contributed by atoms with E-state index in [4.69, 9.17) is 12.2 Å². The Hall–Kier alpha value is -4.03. The molecule has 3 aromatic carbocycles. The van der Waals surface area contributed by atoms with Crippen LogP contribution in [0.15, 0.2) is 96.7 Å². The van der Waals surface area contributed by atoms with Gasteiger partial charge in [0, 0.05) is 29.7 Å². The molecule has 1 saturated heterocycles. The summed E-state index contributed by atoms with van der Waals surface area (Å²) < 4.78 is 1.98. The van der Waals surface area contributed by atoms with Crippen LogP contribution >= 0.6 is 12.2 Å². The molecular formula is C26H19N3O2S. The fourth-order valence-electron chi connectivity index (χ4n) is 3.98. The summed E-state index contributed by atoms with van der Waals surface area (Å²) in [5.41, 5.74) is 3.10. The first-order valence-corrected chi connectivity index (χ1v) is 10.6. The van der Waals surface area contributed by atoms with E-state index in [1.54, 1.807) is 30.3 Å². The molecule has 1 fully saturated rings. The number of hydrogen-bond acceptors (Lipinski definition) is 3. The molecular weight excluding hydrogens is 418 g/mol. The van der Waals surface area contributed by atoms with Crippen molar-refractivity contribution in [3.05, 3.63) is 102 Å². The average Bonchev–Trinajstić information content (AvgIpc) is 3.14. The summed E-state index contributed by atoms with van der Waals surface area (Å²) in [7, 11) is 1.94. The zero-order valence-electron chi connectivity index (χ0n) is 17.3. The molecule has 32 heavy (non-hydrogen) atoms. The zero-order chi connectivity index (χ0) is 22.2. The van der Waals surface area contributed by atoms with Gasteiger partial charge in [0.05, 0.1) is 11.4 Å². The molecule has 0 radical (unpaired) electrons. The molecule has 0 bridgehead atoms. The summed E-state index contributed by atoms with van der Waals surface area (Å²) in [4.78, 5) is 30.0. The Bertz CT molecular complexity index is 1330. The predicted octanol–water partition coefficient (Wildman–Crippen LogP) is 4.93. The predicted molar refractivity (Wildman–Crippen MR) is 131 cm³/mol. The van der Waals surface area contributed by atoms with Crippen molar-refractivity contribution in [3.8, 4) is 0 Å². The van der Waals surface area contributed by atoms with Gasteiger partial charge in [-0.2, -0.15) is 0 Å². The molecule has 5 rings (SSSR count). The van der Waals surface area contributed by atoms with Gasteiger partial charge in [0.15, 0.2) is 5.11 Å². The third-order valence-corrected chi connectivity index (χ3v) is 5.87. The van der Waals surface area contributed by atoms with Gasteiger partial charge in [-0.1, -0.05) is 54.6 Å². The Morgan fingerprint density at radius 3 is 1.78 bits per heavy atom. The van der Waals surface area contributed by atoms with Crippen LogP contribution in [-0.4, -0.2) is 21.5 Å². The number of thiocarbonyl (C=S) groups is 1. The summed E-state index contributed by atoms with van der Waals surface area (Å²) in [5, 5.41) is 1.10. The fourth-order valence-corrected chi connectivity index (χ4v) is 4.36. The van der Waals surface area contributed by atoms with Gasteiger partial charge in [-0.3, -0.25) is 19.4 Å². The molecule has 2 amide bonds. The van der Waals surface area contributed by atoms with Crippen LogP contribution in [0, 0.1) is 0 Å². The maximum Gasteiger partial charge on any atom is 0.270 e. The fraction of sp³-hybridized carbons (Fsp3) is 0.0385. The van der Waals surface area contributed by atoms with Gasteiger partial charge in [-0.15, -0.1) is 0 Å². The van der Waals surface area contributed by atoms with Gasteiger partial charge in [-0.05, 0) is 48.6 Å². The first-order chi connectivity index (χ1) is 15.6. The van der Waals surface area contributed by atoms with Crippen LogP contribution in [0.5, 0.6) is 0 Å². The van der Waals surface area contributed by atoms with E-state index >= 15 is 0 Å². The van der Waals surface area contributed by atoms with Crippen LogP contribution in [0.4, 0.5) is 11.4 Å². The molecule has 156 valence electrons. The van der Waals surface area contributed by atoms with Crippen molar-refractivity contribution >= 4 is 57.5 Å². The Kier molecular flexibility index (Phi) is 4.92. The number of carbonyl (C=O) groups excluding carboxylic acids is 2. The Balaban J connectivity index is 1.70. The van der Waals surface area contributed by atoms with Crippen molar-refractivity contribution in [1.29, 1.82) is 0 Å². The van der Waals surface area contributed by atoms with E-state index in [1.807, 2.05) is 78.5 Å². The van der Waals surface area contributed by atoms with Crippen LogP contribution in [-0.2, 0) is 16.6 Å². The quantitative estimate of drug-likeness (QED) is 0.259. The summed E-state index contributed by atoms with van der Waals surface area (Å²) in [6, 6.07) is 26.2. The van der Waals surface area contributed by atoms with Crippen LogP contribution in [0.25, 0.3) is 17.0 Å². The monoisotopic (exact) mass is 437 g/mol. The maximum absolute atomic E-state index is 13.6. The van der Waals surface area contributed by atoms with Crippen LogP contribution in [0.1, 0.15) is 5.56 Å². The first kappa shape index (κ1) is 19.9. The third kappa shape index (κ3) is 3.21. The first-order valence-electron chi connectivity index (χ1n) is 10.1. The van der Waals surface area contributed by atoms with Gasteiger partial charge in [-0.25, -0.2) is 0 Å². The lowest BCUT2D eigenvalue weighted by molar-refractivity contribution is -0.120. The normalized spacial score (nSPS) is 14.4. The molecule has 1 aliphatic rings. The Morgan fingerprint density at radius 1 is 0.719 bits per heavy atom. The molecule has 6 heteroatoms. The molecule has 1 aliphatic heterocycles. The van der Waals surface area contributed by atoms with E-state index in [9.17, 15) is 9.59 Å². The van der Waals surface area contributed by atoms with Gasteiger partial charge in [0.1, 0.15) is 5.57 Å². The van der Waals surface area contributed by atoms with E-state index in [0.29, 0.717) is 11.4 Å². The minimum Gasteiger partial charge on any atom is -0.350 e. The molecule has 0 aliphatic carbocycles. The number of carbonyl (C=O) groups is 2. The average molecular weight is 438 g/mol. The highest BCUT2D eigenvalue weighted by Gasteiger charge is 2.41. The lowest BCUT2D eigenvalue weighted by Gasteiger charge is -2.36. The highest BCUT2D eigenvalue weighted by atomic mass is 32.1. The van der Waals surface area contributed by atoms with Crippen molar-refractivity contribution in [2.24, 2.45) is 7.05 Å². The minimum atomic E-state index is -0.439. The molecule has 0 spiro atoms. The molecule has 0 N–H and O–H groups in total. The number of aryl methyl sites for hydroxylation is 1. The van der Waals surface area contributed by atoms with Crippen molar-refractivity contribution in [1.82, 2.24) is 4.57 Å². The number of para-hydroxylation sites is 3. The second-order valence-electron chi connectivity index (χ2n) is 7.51. The number of amides is 2. The summed E-state index contributed by atoms with van der Waals surface area (Å²) in [5.74, 6) is -0.877. The summed E-state index contributed by atoms with van der Waals surface area (Å²) >= 11 is 5.64. The van der Waals surface area contributed by atoms with Gasteiger partial charge < -0.3 is 4.57 Å². The number of nitrogens with zero attached hydrogens (tertiary/aromatic N) is 3.